The Morgan fingerprint density at radius 1 is 1.42 bits per heavy atom. The zero-order valence-corrected chi connectivity index (χ0v) is 11.8. The smallest absolute Gasteiger partial charge is 0.339 e. The molecule has 1 aromatic carbocycles. The highest BCUT2D eigenvalue weighted by molar-refractivity contribution is 6.30. The van der Waals surface area contributed by atoms with E-state index in [1.54, 1.807) is 32.1 Å². The number of benzene rings is 1. The predicted molar refractivity (Wildman–Crippen MR) is 79.4 cm³/mol. The van der Waals surface area contributed by atoms with Crippen LogP contribution < -0.4 is 0 Å². The Balaban J connectivity index is 2.77. The highest BCUT2D eigenvalue weighted by atomic mass is 35.5. The van der Waals surface area contributed by atoms with Crippen molar-refractivity contribution >= 4 is 29.5 Å². The maximum absolute atomic E-state index is 11.5. The summed E-state index contributed by atoms with van der Waals surface area (Å²) in [5, 5.41) is 0.654. The average molecular weight is 278 g/mol. The molecule has 0 amide bonds. The summed E-state index contributed by atoms with van der Waals surface area (Å²) in [7, 11) is 0. The Labute approximate surface area is 118 Å². The van der Waals surface area contributed by atoms with Gasteiger partial charge in [-0.15, -0.1) is 0 Å². The maximum atomic E-state index is 11.5. The van der Waals surface area contributed by atoms with Gasteiger partial charge in [-0.2, -0.15) is 0 Å². The molecule has 100 valence electrons. The van der Waals surface area contributed by atoms with Crippen LogP contribution in [0.25, 0.3) is 5.70 Å². The SMILES string of the molecule is C=C(N=C/C(=C\C)C(=O)OCC)c1ccc(Cl)cc1. The first kappa shape index (κ1) is 15.2. The van der Waals surface area contributed by atoms with Gasteiger partial charge in [0, 0.05) is 11.2 Å². The van der Waals surface area contributed by atoms with E-state index < -0.39 is 5.97 Å². The van der Waals surface area contributed by atoms with E-state index in [4.69, 9.17) is 16.3 Å². The van der Waals surface area contributed by atoms with Crippen LogP contribution in [0.1, 0.15) is 19.4 Å². The first-order chi connectivity index (χ1) is 9.08. The van der Waals surface area contributed by atoms with Gasteiger partial charge in [0.25, 0.3) is 0 Å². The molecule has 1 aromatic rings. The van der Waals surface area contributed by atoms with E-state index in [0.29, 0.717) is 22.9 Å². The summed E-state index contributed by atoms with van der Waals surface area (Å²) in [5.74, 6) is -0.391. The molecule has 0 aliphatic rings. The third kappa shape index (κ3) is 4.72. The van der Waals surface area contributed by atoms with E-state index in [0.717, 1.165) is 5.56 Å². The molecule has 0 N–H and O–H groups in total. The summed E-state index contributed by atoms with van der Waals surface area (Å²) in [5.41, 5.74) is 1.80. The standard InChI is InChI=1S/C15H16ClNO2/c1-4-12(15(18)19-5-2)10-17-11(3)13-6-8-14(16)9-7-13/h4,6-10H,3,5H2,1-2H3/b12-4+,17-10?. The second-order valence-corrected chi connectivity index (χ2v) is 4.11. The largest absolute Gasteiger partial charge is 0.462 e. The fourth-order valence-corrected chi connectivity index (χ4v) is 1.45. The highest BCUT2D eigenvalue weighted by Crippen LogP contribution is 2.17. The minimum absolute atomic E-state index is 0.335. The summed E-state index contributed by atoms with van der Waals surface area (Å²) >= 11 is 5.80. The monoisotopic (exact) mass is 277 g/mol. The molecule has 1 rings (SSSR count). The molecule has 0 aliphatic heterocycles. The van der Waals surface area contributed by atoms with Crippen LogP contribution in [-0.4, -0.2) is 18.8 Å². The minimum atomic E-state index is -0.391. The molecule has 4 heteroatoms. The molecule has 0 spiro atoms. The van der Waals surface area contributed by atoms with Crippen LogP contribution in [0.2, 0.25) is 5.02 Å². The van der Waals surface area contributed by atoms with E-state index in [-0.39, 0.29) is 0 Å². The summed E-state index contributed by atoms with van der Waals surface area (Å²) < 4.78 is 4.90. The summed E-state index contributed by atoms with van der Waals surface area (Å²) in [4.78, 5) is 15.7. The molecular weight excluding hydrogens is 262 g/mol. The van der Waals surface area contributed by atoms with Crippen molar-refractivity contribution in [3.63, 3.8) is 0 Å². The Hall–Kier alpha value is -1.87. The molecule has 19 heavy (non-hydrogen) atoms. The lowest BCUT2D eigenvalue weighted by atomic mass is 10.2. The molecule has 0 heterocycles. The van der Waals surface area contributed by atoms with Crippen molar-refractivity contribution in [1.29, 1.82) is 0 Å². The van der Waals surface area contributed by atoms with Gasteiger partial charge in [0.1, 0.15) is 0 Å². The van der Waals surface area contributed by atoms with Crippen LogP contribution in [0, 0.1) is 0 Å². The van der Waals surface area contributed by atoms with E-state index in [2.05, 4.69) is 11.6 Å². The second-order valence-electron chi connectivity index (χ2n) is 3.68. The number of allylic oxidation sites excluding steroid dienone is 1. The lowest BCUT2D eigenvalue weighted by Gasteiger charge is -2.02. The van der Waals surface area contributed by atoms with Crippen molar-refractivity contribution in [2.24, 2.45) is 4.99 Å². The molecular formula is C15H16ClNO2. The van der Waals surface area contributed by atoms with Crippen LogP contribution in [0.3, 0.4) is 0 Å². The van der Waals surface area contributed by atoms with E-state index >= 15 is 0 Å². The van der Waals surface area contributed by atoms with Crippen molar-refractivity contribution in [1.82, 2.24) is 0 Å². The molecule has 0 aromatic heterocycles. The molecule has 0 aliphatic carbocycles. The Bertz CT molecular complexity index is 515. The topological polar surface area (TPSA) is 38.7 Å². The normalized spacial score (nSPS) is 11.6. The molecule has 0 unspecified atom stereocenters. The third-order valence-electron chi connectivity index (χ3n) is 2.36. The zero-order chi connectivity index (χ0) is 14.3. The Morgan fingerprint density at radius 3 is 2.58 bits per heavy atom. The first-order valence-corrected chi connectivity index (χ1v) is 6.28. The van der Waals surface area contributed by atoms with Gasteiger partial charge < -0.3 is 4.74 Å². The third-order valence-corrected chi connectivity index (χ3v) is 2.61. The van der Waals surface area contributed by atoms with Gasteiger partial charge in [-0.25, -0.2) is 4.79 Å². The minimum Gasteiger partial charge on any atom is -0.462 e. The van der Waals surface area contributed by atoms with Crippen LogP contribution in [0.15, 0.2) is 47.5 Å². The number of aliphatic imine (C=N–C) groups is 1. The quantitative estimate of drug-likeness (QED) is 0.465. The van der Waals surface area contributed by atoms with Crippen LogP contribution in [-0.2, 0) is 9.53 Å². The number of carbonyl (C=O) groups is 1. The highest BCUT2D eigenvalue weighted by Gasteiger charge is 2.06. The molecule has 0 saturated carbocycles. The van der Waals surface area contributed by atoms with Gasteiger partial charge in [0.15, 0.2) is 0 Å². The van der Waals surface area contributed by atoms with Crippen molar-refractivity contribution in [3.05, 3.63) is 53.1 Å². The van der Waals surface area contributed by atoms with Crippen molar-refractivity contribution in [2.45, 2.75) is 13.8 Å². The number of hydrogen-bond acceptors (Lipinski definition) is 3. The molecule has 0 fully saturated rings. The fraction of sp³-hybridized carbons (Fsp3) is 0.200. The lowest BCUT2D eigenvalue weighted by Crippen LogP contribution is -2.08. The van der Waals surface area contributed by atoms with Crippen molar-refractivity contribution in [2.75, 3.05) is 6.61 Å². The summed E-state index contributed by atoms with van der Waals surface area (Å²) in [6.45, 7) is 7.69. The van der Waals surface area contributed by atoms with Gasteiger partial charge in [0.2, 0.25) is 0 Å². The maximum Gasteiger partial charge on any atom is 0.339 e. The van der Waals surface area contributed by atoms with Crippen molar-refractivity contribution in [3.8, 4) is 0 Å². The van der Waals surface area contributed by atoms with E-state index in [9.17, 15) is 4.79 Å². The number of nitrogens with zero attached hydrogens (tertiary/aromatic N) is 1. The molecule has 0 radical (unpaired) electrons. The van der Waals surface area contributed by atoms with Gasteiger partial charge in [-0.3, -0.25) is 4.99 Å². The number of rotatable bonds is 5. The second kappa shape index (κ2) is 7.54. The van der Waals surface area contributed by atoms with Crippen LogP contribution in [0.4, 0.5) is 0 Å². The molecule has 3 nitrogen and oxygen atoms in total. The number of carbonyl (C=O) groups excluding carboxylic acids is 1. The molecule has 0 saturated heterocycles. The molecule has 0 atom stereocenters. The van der Waals surface area contributed by atoms with Gasteiger partial charge in [-0.05, 0) is 31.5 Å². The van der Waals surface area contributed by atoms with Crippen LogP contribution >= 0.6 is 11.6 Å². The summed E-state index contributed by atoms with van der Waals surface area (Å²) in [6, 6.07) is 7.17. The van der Waals surface area contributed by atoms with E-state index in [1.165, 1.54) is 6.21 Å². The predicted octanol–water partition coefficient (Wildman–Crippen LogP) is 3.89. The number of hydrogen-bond donors (Lipinski definition) is 0. The number of esters is 1. The fourth-order valence-electron chi connectivity index (χ4n) is 1.32. The lowest BCUT2D eigenvalue weighted by molar-refractivity contribution is -0.137. The Morgan fingerprint density at radius 2 is 2.05 bits per heavy atom. The average Bonchev–Trinajstić information content (AvgIpc) is 2.40. The van der Waals surface area contributed by atoms with Crippen LogP contribution in [0.5, 0.6) is 0 Å². The van der Waals surface area contributed by atoms with Crippen molar-refractivity contribution < 1.29 is 9.53 Å². The van der Waals surface area contributed by atoms with Gasteiger partial charge >= 0.3 is 5.97 Å². The summed E-state index contributed by atoms with van der Waals surface area (Å²) in [6.07, 6.45) is 3.10. The van der Waals surface area contributed by atoms with Gasteiger partial charge in [-0.1, -0.05) is 36.4 Å². The number of halogens is 1. The first-order valence-electron chi connectivity index (χ1n) is 5.90. The zero-order valence-electron chi connectivity index (χ0n) is 11.0. The molecule has 0 bridgehead atoms. The Kier molecular flexibility index (Phi) is 6.03. The number of ether oxygens (including phenoxy) is 1. The van der Waals surface area contributed by atoms with E-state index in [1.807, 2.05) is 12.1 Å². The van der Waals surface area contributed by atoms with Gasteiger partial charge in [0.05, 0.1) is 17.9 Å².